The first-order valence-corrected chi connectivity index (χ1v) is 10.8. The molecule has 4 N–H and O–H groups in total. The maximum Gasteiger partial charge on any atom is 0.251 e. The van der Waals surface area contributed by atoms with Crippen molar-refractivity contribution in [2.45, 2.75) is 52.0 Å². The second kappa shape index (κ2) is 13.7. The van der Waals surface area contributed by atoms with E-state index in [4.69, 9.17) is 4.99 Å². The van der Waals surface area contributed by atoms with Crippen molar-refractivity contribution in [2.75, 3.05) is 39.3 Å². The van der Waals surface area contributed by atoms with E-state index in [2.05, 4.69) is 41.6 Å². The van der Waals surface area contributed by atoms with Crippen molar-refractivity contribution in [3.05, 3.63) is 29.8 Å². The number of hydrogen-bond donors (Lipinski definition) is 4. The van der Waals surface area contributed by atoms with Crippen LogP contribution in [0.3, 0.4) is 0 Å². The molecule has 1 heterocycles. The fourth-order valence-electron chi connectivity index (χ4n) is 3.46. The lowest BCUT2D eigenvalue weighted by Gasteiger charge is -2.40. The highest BCUT2D eigenvalue weighted by molar-refractivity contribution is 14.0. The molecule has 0 atom stereocenters. The molecule has 0 aliphatic carbocycles. The molecule has 1 aliphatic heterocycles. The van der Waals surface area contributed by atoms with Gasteiger partial charge in [-0.15, -0.1) is 24.0 Å². The van der Waals surface area contributed by atoms with E-state index < -0.39 is 0 Å². The molecule has 7 nitrogen and oxygen atoms in total. The van der Waals surface area contributed by atoms with Gasteiger partial charge in [-0.05, 0) is 71.3 Å². The Morgan fingerprint density at radius 1 is 1.13 bits per heavy atom. The summed E-state index contributed by atoms with van der Waals surface area (Å²) in [6.45, 7) is 11.7. The number of carbonyl (C=O) groups is 1. The number of likely N-dealkylation sites (tertiary alicyclic amines) is 1. The first-order chi connectivity index (χ1) is 13.9. The maximum atomic E-state index is 12.1. The minimum Gasteiger partial charge on any atom is -0.508 e. The van der Waals surface area contributed by atoms with Crippen LogP contribution >= 0.6 is 24.0 Å². The van der Waals surface area contributed by atoms with E-state index in [9.17, 15) is 9.90 Å². The Bertz CT molecular complexity index is 675. The van der Waals surface area contributed by atoms with E-state index >= 15 is 0 Å². The molecule has 2 rings (SSSR count). The molecule has 1 saturated heterocycles. The molecule has 1 amide bonds. The summed E-state index contributed by atoms with van der Waals surface area (Å²) in [5.41, 5.74) is 0.519. The molecule has 30 heavy (non-hydrogen) atoms. The van der Waals surface area contributed by atoms with Crippen LogP contribution in [0.4, 0.5) is 0 Å². The van der Waals surface area contributed by atoms with E-state index in [1.54, 1.807) is 18.2 Å². The number of nitrogens with zero attached hydrogens (tertiary/aromatic N) is 2. The summed E-state index contributed by atoms with van der Waals surface area (Å²) in [5, 5.41) is 19.0. The average molecular weight is 531 g/mol. The van der Waals surface area contributed by atoms with E-state index in [0.29, 0.717) is 12.1 Å². The van der Waals surface area contributed by atoms with Crippen LogP contribution in [-0.2, 0) is 0 Å². The van der Waals surface area contributed by atoms with Crippen LogP contribution < -0.4 is 16.0 Å². The van der Waals surface area contributed by atoms with E-state index in [-0.39, 0.29) is 41.2 Å². The quantitative estimate of drug-likeness (QED) is 0.170. The summed E-state index contributed by atoms with van der Waals surface area (Å²) >= 11 is 0. The van der Waals surface area contributed by atoms with Crippen LogP contribution in [0.2, 0.25) is 0 Å². The van der Waals surface area contributed by atoms with Crippen LogP contribution in [0.1, 0.15) is 56.8 Å². The highest BCUT2D eigenvalue weighted by Crippen LogP contribution is 2.20. The zero-order valence-electron chi connectivity index (χ0n) is 18.5. The van der Waals surface area contributed by atoms with Gasteiger partial charge in [0.25, 0.3) is 5.91 Å². The minimum atomic E-state index is -0.176. The molecule has 0 aromatic heterocycles. The fourth-order valence-corrected chi connectivity index (χ4v) is 3.46. The Balaban J connectivity index is 0.00000450. The second-order valence-electron chi connectivity index (χ2n) is 8.14. The van der Waals surface area contributed by atoms with Gasteiger partial charge in [-0.1, -0.05) is 12.5 Å². The Hall–Kier alpha value is -1.55. The van der Waals surface area contributed by atoms with Crippen LogP contribution in [0, 0.1) is 0 Å². The number of benzene rings is 1. The molecule has 1 aliphatic rings. The number of guanidine groups is 1. The molecule has 0 saturated carbocycles. The summed E-state index contributed by atoms with van der Waals surface area (Å²) in [5.74, 6) is 0.736. The van der Waals surface area contributed by atoms with Gasteiger partial charge in [0.1, 0.15) is 5.75 Å². The molecule has 8 heteroatoms. The highest BCUT2D eigenvalue weighted by atomic mass is 127. The lowest BCUT2D eigenvalue weighted by Crippen LogP contribution is -2.49. The van der Waals surface area contributed by atoms with E-state index in [1.165, 1.54) is 25.3 Å². The molecule has 1 aromatic carbocycles. The van der Waals surface area contributed by atoms with Crippen LogP contribution in [-0.4, -0.2) is 66.7 Å². The Kier molecular flexibility index (Phi) is 12.1. The molecule has 170 valence electrons. The molecule has 0 spiro atoms. The van der Waals surface area contributed by atoms with Crippen molar-refractivity contribution in [3.63, 3.8) is 0 Å². The Morgan fingerprint density at radius 3 is 2.50 bits per heavy atom. The number of hydrogen-bond acceptors (Lipinski definition) is 4. The van der Waals surface area contributed by atoms with Gasteiger partial charge in [-0.3, -0.25) is 14.7 Å². The number of phenols is 1. The van der Waals surface area contributed by atoms with Gasteiger partial charge in [-0.2, -0.15) is 0 Å². The van der Waals surface area contributed by atoms with E-state index in [0.717, 1.165) is 45.1 Å². The maximum absolute atomic E-state index is 12.1. The van der Waals surface area contributed by atoms with Gasteiger partial charge in [0.15, 0.2) is 5.96 Å². The zero-order chi connectivity index (χ0) is 21.1. The van der Waals surface area contributed by atoms with Gasteiger partial charge in [-0.25, -0.2) is 0 Å². The van der Waals surface area contributed by atoms with Gasteiger partial charge >= 0.3 is 0 Å². The summed E-state index contributed by atoms with van der Waals surface area (Å²) < 4.78 is 0. The first-order valence-electron chi connectivity index (χ1n) is 10.8. The predicted octanol–water partition coefficient (Wildman–Crippen LogP) is 2.95. The SMILES string of the molecule is CCNC(=NCC(C)(C)N1CCCCC1)NCCCNC(=O)c1cccc(O)c1.I. The Morgan fingerprint density at radius 2 is 1.83 bits per heavy atom. The van der Waals surface area contributed by atoms with Crippen molar-refractivity contribution < 1.29 is 9.90 Å². The van der Waals surface area contributed by atoms with Gasteiger partial charge in [0.05, 0.1) is 6.54 Å². The average Bonchev–Trinajstić information content (AvgIpc) is 2.72. The number of aromatic hydroxyl groups is 1. The monoisotopic (exact) mass is 531 g/mol. The number of nitrogens with one attached hydrogen (secondary N) is 3. The van der Waals surface area contributed by atoms with Crippen LogP contribution in [0.15, 0.2) is 29.3 Å². The summed E-state index contributed by atoms with van der Waals surface area (Å²) in [6.07, 6.45) is 4.67. The predicted molar refractivity (Wildman–Crippen MR) is 134 cm³/mol. The van der Waals surface area contributed by atoms with Crippen molar-refractivity contribution in [1.82, 2.24) is 20.9 Å². The van der Waals surface area contributed by atoms with Crippen molar-refractivity contribution in [3.8, 4) is 5.75 Å². The third kappa shape index (κ3) is 9.07. The fraction of sp³-hybridized carbons (Fsp3) is 0.636. The summed E-state index contributed by atoms with van der Waals surface area (Å²) in [7, 11) is 0. The topological polar surface area (TPSA) is 89.0 Å². The number of piperidine rings is 1. The van der Waals surface area contributed by atoms with Crippen molar-refractivity contribution in [1.29, 1.82) is 0 Å². The van der Waals surface area contributed by atoms with Crippen LogP contribution in [0.25, 0.3) is 0 Å². The third-order valence-electron chi connectivity index (χ3n) is 5.22. The first kappa shape index (κ1) is 26.5. The number of halogens is 1. The molecule has 1 fully saturated rings. The van der Waals surface area contributed by atoms with Crippen LogP contribution in [0.5, 0.6) is 5.75 Å². The number of phenolic OH excluding ortho intramolecular Hbond substituents is 1. The van der Waals surface area contributed by atoms with Crippen molar-refractivity contribution >= 4 is 35.8 Å². The molecule has 0 unspecified atom stereocenters. The molecular formula is C22H38IN5O2. The lowest BCUT2D eigenvalue weighted by atomic mass is 9.99. The molecule has 1 aromatic rings. The number of aliphatic imine (C=N–C) groups is 1. The lowest BCUT2D eigenvalue weighted by molar-refractivity contribution is 0.0953. The largest absolute Gasteiger partial charge is 0.508 e. The van der Waals surface area contributed by atoms with E-state index in [1.807, 2.05) is 0 Å². The van der Waals surface area contributed by atoms with Gasteiger partial charge in [0.2, 0.25) is 0 Å². The number of amides is 1. The summed E-state index contributed by atoms with van der Waals surface area (Å²) in [6, 6.07) is 6.37. The second-order valence-corrected chi connectivity index (χ2v) is 8.14. The number of rotatable bonds is 9. The highest BCUT2D eigenvalue weighted by Gasteiger charge is 2.27. The van der Waals surface area contributed by atoms with Gasteiger partial charge in [0, 0.05) is 30.7 Å². The van der Waals surface area contributed by atoms with Crippen molar-refractivity contribution in [2.24, 2.45) is 4.99 Å². The smallest absolute Gasteiger partial charge is 0.251 e. The third-order valence-corrected chi connectivity index (χ3v) is 5.22. The standard InChI is InChI=1S/C22H37N5O2.HI/c1-4-23-21(26-17-22(2,3)27-14-6-5-7-15-27)25-13-9-12-24-20(29)18-10-8-11-19(28)16-18;/h8,10-11,16,28H,4-7,9,12-15,17H2,1-3H3,(H,24,29)(H2,23,25,26);1H. The van der Waals surface area contributed by atoms with Gasteiger partial charge < -0.3 is 21.1 Å². The minimum absolute atomic E-state index is 0. The molecule has 0 radical (unpaired) electrons. The number of carbonyl (C=O) groups excluding carboxylic acids is 1. The summed E-state index contributed by atoms with van der Waals surface area (Å²) in [4.78, 5) is 19.4. The normalized spacial score (nSPS) is 15.2. The Labute approximate surface area is 198 Å². The zero-order valence-corrected chi connectivity index (χ0v) is 20.9. The molecular weight excluding hydrogens is 493 g/mol. The molecule has 0 bridgehead atoms.